The molecule has 1 heterocycles. The van der Waals surface area contributed by atoms with Gasteiger partial charge in [-0.3, -0.25) is 0 Å². The maximum absolute atomic E-state index is 6.15. The molecule has 1 aromatic heterocycles. The molecule has 5 heteroatoms. The van der Waals surface area contributed by atoms with E-state index in [1.54, 1.807) is 13.2 Å². The number of benzene rings is 1. The summed E-state index contributed by atoms with van der Waals surface area (Å²) >= 11 is 6.15. The van der Waals surface area contributed by atoms with Gasteiger partial charge in [-0.25, -0.2) is 0 Å². The Bertz CT molecular complexity index is 564. The highest BCUT2D eigenvalue weighted by Crippen LogP contribution is 2.40. The highest BCUT2D eigenvalue weighted by Gasteiger charge is 2.18. The lowest BCUT2D eigenvalue weighted by atomic mass is 10.0. The second kappa shape index (κ2) is 4.30. The second-order valence-electron chi connectivity index (χ2n) is 3.82. The summed E-state index contributed by atoms with van der Waals surface area (Å²) in [5.41, 5.74) is 8.43. The van der Waals surface area contributed by atoms with Crippen molar-refractivity contribution in [2.24, 2.45) is 0 Å². The van der Waals surface area contributed by atoms with Crippen molar-refractivity contribution in [1.29, 1.82) is 0 Å². The zero-order chi connectivity index (χ0) is 12.6. The average Bonchev–Trinajstić information content (AvgIpc) is 2.69. The summed E-state index contributed by atoms with van der Waals surface area (Å²) in [6.07, 6.45) is 0. The molecular formula is C12H13ClN2O2. The number of nitrogen functional groups attached to an aromatic ring is 1. The number of anilines is 1. The number of aromatic nitrogens is 1. The molecule has 0 spiro atoms. The van der Waals surface area contributed by atoms with Crippen LogP contribution in [0.4, 0.5) is 5.82 Å². The normalized spacial score (nSPS) is 10.6. The van der Waals surface area contributed by atoms with E-state index in [4.69, 9.17) is 26.6 Å². The Morgan fingerprint density at radius 3 is 2.59 bits per heavy atom. The fourth-order valence-electron chi connectivity index (χ4n) is 1.75. The molecule has 2 aromatic rings. The van der Waals surface area contributed by atoms with Gasteiger partial charge in [-0.2, -0.15) is 0 Å². The molecule has 17 heavy (non-hydrogen) atoms. The Balaban J connectivity index is 2.74. The first-order valence-electron chi connectivity index (χ1n) is 5.11. The van der Waals surface area contributed by atoms with Gasteiger partial charge in [-0.05, 0) is 31.0 Å². The molecule has 0 saturated heterocycles. The molecule has 0 aliphatic carbocycles. The third-order valence-corrected chi connectivity index (χ3v) is 3.01. The van der Waals surface area contributed by atoms with Gasteiger partial charge < -0.3 is 15.0 Å². The number of methoxy groups -OCH3 is 1. The van der Waals surface area contributed by atoms with Gasteiger partial charge in [-0.1, -0.05) is 16.8 Å². The first kappa shape index (κ1) is 11.8. The molecule has 0 bridgehead atoms. The summed E-state index contributed by atoms with van der Waals surface area (Å²) in [5, 5.41) is 4.22. The molecular weight excluding hydrogens is 240 g/mol. The number of hydrogen-bond acceptors (Lipinski definition) is 4. The predicted octanol–water partition coefficient (Wildman–Crippen LogP) is 3.20. The minimum absolute atomic E-state index is 0.332. The Morgan fingerprint density at radius 1 is 1.35 bits per heavy atom. The Kier molecular flexibility index (Phi) is 2.98. The molecule has 4 nitrogen and oxygen atoms in total. The maximum atomic E-state index is 6.15. The van der Waals surface area contributed by atoms with Crippen molar-refractivity contribution in [2.75, 3.05) is 12.8 Å². The van der Waals surface area contributed by atoms with Crippen LogP contribution in [-0.4, -0.2) is 12.3 Å². The maximum Gasteiger partial charge on any atom is 0.173 e. The van der Waals surface area contributed by atoms with Gasteiger partial charge in [-0.15, -0.1) is 0 Å². The first-order chi connectivity index (χ1) is 8.04. The van der Waals surface area contributed by atoms with Crippen LogP contribution in [0.3, 0.4) is 0 Å². The van der Waals surface area contributed by atoms with Gasteiger partial charge in [0, 0.05) is 6.07 Å². The van der Waals surface area contributed by atoms with E-state index in [0.29, 0.717) is 22.4 Å². The molecule has 0 aliphatic heterocycles. The lowest BCUT2D eigenvalue weighted by Crippen LogP contribution is -1.94. The summed E-state index contributed by atoms with van der Waals surface area (Å²) in [6, 6.07) is 3.51. The lowest BCUT2D eigenvalue weighted by molar-refractivity contribution is 0.406. The van der Waals surface area contributed by atoms with Crippen LogP contribution in [0.5, 0.6) is 5.75 Å². The molecule has 0 unspecified atom stereocenters. The number of nitrogens with zero attached hydrogens (tertiary/aromatic N) is 1. The molecule has 90 valence electrons. The van der Waals surface area contributed by atoms with Crippen LogP contribution in [0.1, 0.15) is 11.1 Å². The molecule has 1 aromatic carbocycles. The summed E-state index contributed by atoms with van der Waals surface area (Å²) in [7, 11) is 1.57. The Hall–Kier alpha value is -1.68. The van der Waals surface area contributed by atoms with Gasteiger partial charge in [0.1, 0.15) is 5.75 Å². The fourth-order valence-corrected chi connectivity index (χ4v) is 2.09. The van der Waals surface area contributed by atoms with Crippen LogP contribution >= 0.6 is 11.6 Å². The Labute approximate surface area is 104 Å². The number of hydrogen-bond donors (Lipinski definition) is 1. The largest absolute Gasteiger partial charge is 0.494 e. The van der Waals surface area contributed by atoms with E-state index in [2.05, 4.69) is 5.16 Å². The molecule has 0 atom stereocenters. The van der Waals surface area contributed by atoms with Crippen LogP contribution < -0.4 is 10.5 Å². The third kappa shape index (κ3) is 1.96. The van der Waals surface area contributed by atoms with Crippen molar-refractivity contribution < 1.29 is 9.26 Å². The van der Waals surface area contributed by atoms with Crippen molar-refractivity contribution in [2.45, 2.75) is 13.8 Å². The van der Waals surface area contributed by atoms with Crippen molar-refractivity contribution >= 4 is 17.4 Å². The number of rotatable bonds is 2. The smallest absolute Gasteiger partial charge is 0.173 e. The van der Waals surface area contributed by atoms with E-state index in [1.165, 1.54) is 0 Å². The van der Waals surface area contributed by atoms with Crippen LogP contribution in [0.2, 0.25) is 5.02 Å². The van der Waals surface area contributed by atoms with E-state index in [0.717, 1.165) is 16.7 Å². The lowest BCUT2D eigenvalue weighted by Gasteiger charge is -2.13. The van der Waals surface area contributed by atoms with Crippen LogP contribution in [-0.2, 0) is 0 Å². The summed E-state index contributed by atoms with van der Waals surface area (Å²) in [6.45, 7) is 3.95. The van der Waals surface area contributed by atoms with Crippen molar-refractivity contribution in [3.05, 3.63) is 28.3 Å². The number of nitrogens with two attached hydrogens (primary N) is 1. The molecule has 0 fully saturated rings. The SMILES string of the molecule is COc1c(Cl)cc(C)c(C)c1-c1cc(N)no1. The minimum Gasteiger partial charge on any atom is -0.494 e. The van der Waals surface area contributed by atoms with Gasteiger partial charge in [0.2, 0.25) is 0 Å². The Morgan fingerprint density at radius 2 is 2.06 bits per heavy atom. The number of halogens is 1. The highest BCUT2D eigenvalue weighted by molar-refractivity contribution is 6.32. The van der Waals surface area contributed by atoms with E-state index < -0.39 is 0 Å². The van der Waals surface area contributed by atoms with Gasteiger partial charge in [0.05, 0.1) is 17.7 Å². The standard InChI is InChI=1S/C12H13ClN2O2/c1-6-4-8(13)12(16-3)11(7(6)2)9-5-10(14)15-17-9/h4-5H,1-3H3,(H2,14,15). The van der Waals surface area contributed by atoms with Crippen molar-refractivity contribution in [3.63, 3.8) is 0 Å². The average molecular weight is 253 g/mol. The van der Waals surface area contributed by atoms with Gasteiger partial charge in [0.25, 0.3) is 0 Å². The van der Waals surface area contributed by atoms with Crippen LogP contribution in [0.15, 0.2) is 16.7 Å². The van der Waals surface area contributed by atoms with E-state index in [9.17, 15) is 0 Å². The molecule has 0 aliphatic rings. The molecule has 0 amide bonds. The molecule has 0 saturated carbocycles. The van der Waals surface area contributed by atoms with E-state index in [-0.39, 0.29) is 0 Å². The van der Waals surface area contributed by atoms with Crippen molar-refractivity contribution in [1.82, 2.24) is 5.16 Å². The first-order valence-corrected chi connectivity index (χ1v) is 5.48. The molecule has 2 rings (SSSR count). The van der Waals surface area contributed by atoms with Crippen LogP contribution in [0, 0.1) is 13.8 Å². The monoisotopic (exact) mass is 252 g/mol. The molecule has 2 N–H and O–H groups in total. The topological polar surface area (TPSA) is 61.3 Å². The minimum atomic E-state index is 0.332. The zero-order valence-corrected chi connectivity index (χ0v) is 10.6. The van der Waals surface area contributed by atoms with Crippen molar-refractivity contribution in [3.8, 4) is 17.1 Å². The predicted molar refractivity (Wildman–Crippen MR) is 67.4 cm³/mol. The quantitative estimate of drug-likeness (QED) is 0.892. The van der Waals surface area contributed by atoms with E-state index >= 15 is 0 Å². The summed E-state index contributed by atoms with van der Waals surface area (Å²) in [4.78, 5) is 0. The van der Waals surface area contributed by atoms with Crippen LogP contribution in [0.25, 0.3) is 11.3 Å². The second-order valence-corrected chi connectivity index (χ2v) is 4.23. The zero-order valence-electron chi connectivity index (χ0n) is 9.87. The fraction of sp³-hybridized carbons (Fsp3) is 0.250. The highest BCUT2D eigenvalue weighted by atomic mass is 35.5. The number of ether oxygens (including phenoxy) is 1. The summed E-state index contributed by atoms with van der Waals surface area (Å²) in [5.74, 6) is 1.47. The van der Waals surface area contributed by atoms with Gasteiger partial charge >= 0.3 is 0 Å². The number of aryl methyl sites for hydroxylation is 1. The molecule has 0 radical (unpaired) electrons. The third-order valence-electron chi connectivity index (χ3n) is 2.73. The van der Waals surface area contributed by atoms with Gasteiger partial charge in [0.15, 0.2) is 11.6 Å². The van der Waals surface area contributed by atoms with E-state index in [1.807, 2.05) is 19.9 Å². The summed E-state index contributed by atoms with van der Waals surface area (Å²) < 4.78 is 10.5.